The molecule has 0 aliphatic heterocycles. The van der Waals surface area contributed by atoms with Crippen LogP contribution in [0.2, 0.25) is 5.02 Å². The minimum atomic E-state index is -0.595. The van der Waals surface area contributed by atoms with E-state index in [1.807, 2.05) is 0 Å². The minimum Gasteiger partial charge on any atom is -0.496 e. The van der Waals surface area contributed by atoms with Crippen molar-refractivity contribution in [2.45, 2.75) is 0 Å². The van der Waals surface area contributed by atoms with Crippen molar-refractivity contribution in [3.05, 3.63) is 112 Å². The number of carbonyl (C=O) groups excluding carboxylic acids is 1. The maximum absolute atomic E-state index is 13.9. The number of methoxy groups -OCH3 is 2. The third-order valence-electron chi connectivity index (χ3n) is 6.79. The molecule has 0 atom stereocenters. The van der Waals surface area contributed by atoms with Gasteiger partial charge in [-0.1, -0.05) is 41.9 Å². The number of ether oxygens (including phenoxy) is 3. The summed E-state index contributed by atoms with van der Waals surface area (Å²) in [4.78, 5) is 30.7. The molecule has 226 valence electrons. The van der Waals surface area contributed by atoms with E-state index in [0.29, 0.717) is 38.9 Å². The molecule has 0 radical (unpaired) electrons. The van der Waals surface area contributed by atoms with Gasteiger partial charge in [-0.2, -0.15) is 9.78 Å². The van der Waals surface area contributed by atoms with Gasteiger partial charge in [-0.3, -0.25) is 9.59 Å². The van der Waals surface area contributed by atoms with Crippen molar-refractivity contribution < 1.29 is 27.8 Å². The van der Waals surface area contributed by atoms with Crippen molar-refractivity contribution in [2.24, 2.45) is 5.10 Å². The molecule has 0 bridgehead atoms. The van der Waals surface area contributed by atoms with Gasteiger partial charge in [-0.05, 0) is 60.2 Å². The standard InChI is InChI=1S/C33H24ClFN4O6/c1-42-26-12-7-13-27-21(26)16-29(45-27)32-38-24-10-5-3-8-20(24)33(41)39(32)36-17-19-14-22(34)31(28(15-19)43-2)44-18-30(40)37-25-11-6-4-9-23(25)35/h3-17H,18H2,1-2H3,(H,37,40). The number of rotatable bonds is 9. The molecule has 1 N–H and O–H groups in total. The fraction of sp³-hybridized carbons (Fsp3) is 0.0909. The van der Waals surface area contributed by atoms with Crippen LogP contribution in [0.15, 0.2) is 99.2 Å². The van der Waals surface area contributed by atoms with Gasteiger partial charge in [0.1, 0.15) is 17.1 Å². The monoisotopic (exact) mass is 626 g/mol. The van der Waals surface area contributed by atoms with Crippen LogP contribution in [0.4, 0.5) is 10.1 Å². The minimum absolute atomic E-state index is 0.0234. The van der Waals surface area contributed by atoms with Crippen LogP contribution in [-0.2, 0) is 4.79 Å². The molecule has 1 amide bonds. The highest BCUT2D eigenvalue weighted by molar-refractivity contribution is 6.32. The maximum atomic E-state index is 13.9. The van der Waals surface area contributed by atoms with Crippen LogP contribution in [0.3, 0.4) is 0 Å². The number of nitrogens with one attached hydrogen (secondary N) is 1. The summed E-state index contributed by atoms with van der Waals surface area (Å²) in [5.41, 5.74) is 1.09. The Bertz CT molecular complexity index is 2160. The topological polar surface area (TPSA) is 117 Å². The number of amides is 1. The summed E-state index contributed by atoms with van der Waals surface area (Å²) in [6.07, 6.45) is 1.41. The SMILES string of the molecule is COc1cc(C=Nn2c(-c3cc4c(OC)cccc4o3)nc3ccccc3c2=O)cc(Cl)c1OCC(=O)Nc1ccccc1F. The van der Waals surface area contributed by atoms with Crippen molar-refractivity contribution in [3.63, 3.8) is 0 Å². The van der Waals surface area contributed by atoms with E-state index < -0.39 is 23.9 Å². The summed E-state index contributed by atoms with van der Waals surface area (Å²) < 4.78 is 37.6. The summed E-state index contributed by atoms with van der Waals surface area (Å²) in [6, 6.07) is 22.9. The fourth-order valence-electron chi connectivity index (χ4n) is 4.68. The zero-order valence-corrected chi connectivity index (χ0v) is 24.7. The van der Waals surface area contributed by atoms with Crippen molar-refractivity contribution in [1.82, 2.24) is 9.66 Å². The quantitative estimate of drug-likeness (QED) is 0.182. The van der Waals surface area contributed by atoms with E-state index in [1.54, 1.807) is 67.8 Å². The van der Waals surface area contributed by atoms with E-state index in [1.165, 1.54) is 37.6 Å². The zero-order valence-electron chi connectivity index (χ0n) is 23.9. The molecular formula is C33H24ClFN4O6. The number of benzene rings is 4. The lowest BCUT2D eigenvalue weighted by Gasteiger charge is -2.13. The first kappa shape index (κ1) is 29.4. The van der Waals surface area contributed by atoms with Crippen LogP contribution in [0.5, 0.6) is 17.2 Å². The second-order valence-electron chi connectivity index (χ2n) is 9.65. The van der Waals surface area contributed by atoms with Crippen LogP contribution in [0, 0.1) is 5.82 Å². The second-order valence-corrected chi connectivity index (χ2v) is 10.1. The lowest BCUT2D eigenvalue weighted by Crippen LogP contribution is -2.21. The Morgan fingerprint density at radius 2 is 1.78 bits per heavy atom. The Kier molecular flexibility index (Phi) is 8.17. The molecule has 0 spiro atoms. The molecule has 0 aliphatic carbocycles. The summed E-state index contributed by atoms with van der Waals surface area (Å²) in [5.74, 6) is 0.221. The molecule has 0 saturated carbocycles. The van der Waals surface area contributed by atoms with E-state index >= 15 is 0 Å². The van der Waals surface area contributed by atoms with Crippen molar-refractivity contribution in [1.29, 1.82) is 0 Å². The van der Waals surface area contributed by atoms with Crippen LogP contribution >= 0.6 is 11.6 Å². The van der Waals surface area contributed by atoms with Gasteiger partial charge < -0.3 is 23.9 Å². The van der Waals surface area contributed by atoms with Crippen molar-refractivity contribution in [2.75, 3.05) is 26.1 Å². The number of anilines is 1. The third-order valence-corrected chi connectivity index (χ3v) is 7.07. The average molecular weight is 627 g/mol. The number of fused-ring (bicyclic) bond motifs is 2. The Morgan fingerprint density at radius 3 is 2.58 bits per heavy atom. The first-order chi connectivity index (χ1) is 21.9. The summed E-state index contributed by atoms with van der Waals surface area (Å²) in [6.45, 7) is -0.457. The molecular weight excluding hydrogens is 603 g/mol. The highest BCUT2D eigenvalue weighted by Crippen LogP contribution is 2.36. The Hall–Kier alpha value is -5.68. The van der Waals surface area contributed by atoms with Crippen molar-refractivity contribution in [3.8, 4) is 28.8 Å². The smallest absolute Gasteiger partial charge is 0.282 e. The van der Waals surface area contributed by atoms with Gasteiger partial charge in [0.05, 0.1) is 47.4 Å². The normalized spacial score (nSPS) is 11.3. The van der Waals surface area contributed by atoms with Gasteiger partial charge in [0, 0.05) is 0 Å². The first-order valence-electron chi connectivity index (χ1n) is 13.5. The molecule has 2 heterocycles. The number of halogens is 2. The van der Waals surface area contributed by atoms with Gasteiger partial charge in [0.25, 0.3) is 11.5 Å². The zero-order chi connectivity index (χ0) is 31.5. The van der Waals surface area contributed by atoms with Gasteiger partial charge in [-0.25, -0.2) is 9.37 Å². The molecule has 10 nitrogen and oxygen atoms in total. The van der Waals surface area contributed by atoms with Crippen LogP contribution in [0.25, 0.3) is 33.5 Å². The Labute approximate surface area is 260 Å². The predicted molar refractivity (Wildman–Crippen MR) is 169 cm³/mol. The van der Waals surface area contributed by atoms with Gasteiger partial charge in [0.15, 0.2) is 23.9 Å². The fourth-order valence-corrected chi connectivity index (χ4v) is 4.95. The molecule has 45 heavy (non-hydrogen) atoms. The maximum Gasteiger partial charge on any atom is 0.282 e. The van der Waals surface area contributed by atoms with E-state index in [4.69, 9.17) is 35.2 Å². The number of carbonyl (C=O) groups is 1. The van der Waals surface area contributed by atoms with E-state index in [2.05, 4.69) is 10.4 Å². The molecule has 12 heteroatoms. The Balaban J connectivity index is 1.33. The van der Waals surface area contributed by atoms with E-state index in [0.717, 1.165) is 4.68 Å². The van der Waals surface area contributed by atoms with E-state index in [-0.39, 0.29) is 28.0 Å². The highest BCUT2D eigenvalue weighted by Gasteiger charge is 2.19. The van der Waals surface area contributed by atoms with Crippen LogP contribution in [0.1, 0.15) is 5.56 Å². The second kappa shape index (κ2) is 12.5. The predicted octanol–water partition coefficient (Wildman–Crippen LogP) is 6.52. The summed E-state index contributed by atoms with van der Waals surface area (Å²) >= 11 is 6.51. The number of nitrogens with zero attached hydrogens (tertiary/aromatic N) is 3. The number of hydrogen-bond acceptors (Lipinski definition) is 8. The summed E-state index contributed by atoms with van der Waals surface area (Å²) in [7, 11) is 2.97. The molecule has 4 aromatic carbocycles. The number of para-hydroxylation sites is 2. The number of hydrogen-bond donors (Lipinski definition) is 1. The van der Waals surface area contributed by atoms with Gasteiger partial charge in [0.2, 0.25) is 5.82 Å². The molecule has 6 rings (SSSR count). The van der Waals surface area contributed by atoms with Crippen LogP contribution < -0.4 is 25.1 Å². The largest absolute Gasteiger partial charge is 0.496 e. The van der Waals surface area contributed by atoms with Gasteiger partial charge >= 0.3 is 0 Å². The number of furan rings is 1. The Morgan fingerprint density at radius 1 is 1.00 bits per heavy atom. The lowest BCUT2D eigenvalue weighted by atomic mass is 10.2. The third kappa shape index (κ3) is 5.93. The highest BCUT2D eigenvalue weighted by atomic mass is 35.5. The molecule has 0 saturated heterocycles. The van der Waals surface area contributed by atoms with E-state index in [9.17, 15) is 14.0 Å². The molecule has 2 aromatic heterocycles. The molecule has 0 unspecified atom stereocenters. The molecule has 0 aliphatic rings. The first-order valence-corrected chi connectivity index (χ1v) is 13.9. The average Bonchev–Trinajstić information content (AvgIpc) is 3.49. The van der Waals surface area contributed by atoms with Crippen LogP contribution in [-0.4, -0.2) is 42.6 Å². The molecule has 0 fully saturated rings. The lowest BCUT2D eigenvalue weighted by molar-refractivity contribution is -0.118. The number of aromatic nitrogens is 2. The van der Waals surface area contributed by atoms with Gasteiger partial charge in [-0.15, -0.1) is 0 Å². The molecule has 6 aromatic rings. The summed E-state index contributed by atoms with van der Waals surface area (Å²) in [5, 5.41) is 8.09. The van der Waals surface area contributed by atoms with Crippen molar-refractivity contribution >= 4 is 51.3 Å².